The molecule has 0 radical (unpaired) electrons. The zero-order chi connectivity index (χ0) is 22.3. The lowest BCUT2D eigenvalue weighted by Crippen LogP contribution is -2.39. The van der Waals surface area contributed by atoms with E-state index in [0.717, 1.165) is 8.78 Å². The highest BCUT2D eigenvalue weighted by atomic mass is 79.9. The van der Waals surface area contributed by atoms with Crippen LogP contribution < -0.4 is 14.5 Å². The standard InChI is InChI=1S/C21H20BrN3O5S/c1-2-29-18-9-7-17(8-10-18)25(31(27,28)20-11-5-16(22)6-12-20)15-21(26)24-23-14-19-4-3-13-30-19/h3-14H,2,15H2,1H3,(H,24,26)/b23-14+. The van der Waals surface area contributed by atoms with Crippen LogP contribution in [0.25, 0.3) is 0 Å². The average molecular weight is 506 g/mol. The van der Waals surface area contributed by atoms with Crippen molar-refractivity contribution >= 4 is 43.8 Å². The molecule has 8 nitrogen and oxygen atoms in total. The summed E-state index contributed by atoms with van der Waals surface area (Å²) in [7, 11) is -4.02. The number of furan rings is 1. The highest BCUT2D eigenvalue weighted by Gasteiger charge is 2.27. The zero-order valence-corrected chi connectivity index (χ0v) is 19.0. The maximum Gasteiger partial charge on any atom is 0.264 e. The van der Waals surface area contributed by atoms with E-state index in [0.29, 0.717) is 23.8 Å². The molecular weight excluding hydrogens is 486 g/mol. The minimum atomic E-state index is -4.02. The van der Waals surface area contributed by atoms with E-state index in [2.05, 4.69) is 26.5 Å². The molecule has 0 spiro atoms. The number of carbonyl (C=O) groups is 1. The lowest BCUT2D eigenvalue weighted by atomic mass is 10.3. The minimum Gasteiger partial charge on any atom is -0.494 e. The Labute approximate surface area is 188 Å². The molecule has 162 valence electrons. The smallest absolute Gasteiger partial charge is 0.264 e. The second-order valence-corrected chi connectivity index (χ2v) is 8.98. The number of hydrazone groups is 1. The number of nitrogens with one attached hydrogen (secondary N) is 1. The van der Waals surface area contributed by atoms with Crippen LogP contribution in [0.15, 0.2) is 85.8 Å². The van der Waals surface area contributed by atoms with E-state index in [1.54, 1.807) is 48.5 Å². The molecule has 0 saturated heterocycles. The Morgan fingerprint density at radius 2 is 1.87 bits per heavy atom. The van der Waals surface area contributed by atoms with Crippen molar-refractivity contribution in [1.82, 2.24) is 5.43 Å². The molecule has 0 fully saturated rings. The molecule has 0 aliphatic carbocycles. The molecule has 0 saturated carbocycles. The van der Waals surface area contributed by atoms with Crippen molar-refractivity contribution in [3.05, 3.63) is 77.2 Å². The van der Waals surface area contributed by atoms with Crippen LogP contribution in [0.5, 0.6) is 5.75 Å². The fourth-order valence-corrected chi connectivity index (χ4v) is 4.31. The Hall–Kier alpha value is -3.11. The van der Waals surface area contributed by atoms with Crippen molar-refractivity contribution in [2.24, 2.45) is 5.10 Å². The first-order valence-electron chi connectivity index (χ1n) is 9.26. The fraction of sp³-hybridized carbons (Fsp3) is 0.143. The van der Waals surface area contributed by atoms with Crippen LogP contribution in [0.2, 0.25) is 0 Å². The summed E-state index contributed by atoms with van der Waals surface area (Å²) in [6, 6.07) is 16.0. The second kappa shape index (κ2) is 10.3. The summed E-state index contributed by atoms with van der Waals surface area (Å²) in [5, 5.41) is 3.80. The van der Waals surface area contributed by atoms with E-state index < -0.39 is 22.5 Å². The number of benzene rings is 2. The van der Waals surface area contributed by atoms with Gasteiger partial charge in [-0.1, -0.05) is 15.9 Å². The quantitative estimate of drug-likeness (QED) is 0.352. The number of nitrogens with zero attached hydrogens (tertiary/aromatic N) is 2. The van der Waals surface area contributed by atoms with Gasteiger partial charge in [0, 0.05) is 4.47 Å². The predicted octanol–water partition coefficient (Wildman–Crippen LogP) is 3.79. The molecule has 1 N–H and O–H groups in total. The van der Waals surface area contributed by atoms with E-state index in [9.17, 15) is 13.2 Å². The molecule has 0 unspecified atom stereocenters. The molecule has 2 aromatic carbocycles. The first kappa shape index (κ1) is 22.6. The van der Waals surface area contributed by atoms with Crippen molar-refractivity contribution in [3.8, 4) is 5.75 Å². The molecule has 3 aromatic rings. The van der Waals surface area contributed by atoms with Gasteiger partial charge in [-0.15, -0.1) is 0 Å². The summed E-state index contributed by atoms with van der Waals surface area (Å²) in [5.74, 6) is 0.434. The van der Waals surface area contributed by atoms with E-state index in [1.165, 1.54) is 24.6 Å². The van der Waals surface area contributed by atoms with E-state index >= 15 is 0 Å². The Bertz CT molecular complexity index is 1130. The summed E-state index contributed by atoms with van der Waals surface area (Å²) in [6.07, 6.45) is 2.80. The minimum absolute atomic E-state index is 0.0523. The Kier molecular flexibility index (Phi) is 7.48. The number of amides is 1. The molecular formula is C21H20BrN3O5S. The number of rotatable bonds is 9. The normalized spacial score (nSPS) is 11.4. The number of hydrogen-bond acceptors (Lipinski definition) is 6. The number of halogens is 1. The Morgan fingerprint density at radius 1 is 1.16 bits per heavy atom. The summed E-state index contributed by atoms with van der Waals surface area (Å²) < 4.78 is 38.9. The highest BCUT2D eigenvalue weighted by Crippen LogP contribution is 2.26. The fourth-order valence-electron chi connectivity index (χ4n) is 2.62. The third-order valence-electron chi connectivity index (χ3n) is 4.05. The first-order chi connectivity index (χ1) is 14.9. The molecule has 1 aromatic heterocycles. The third-order valence-corrected chi connectivity index (χ3v) is 6.37. The van der Waals surface area contributed by atoms with Gasteiger partial charge in [-0.25, -0.2) is 13.8 Å². The van der Waals surface area contributed by atoms with Gasteiger partial charge in [0.15, 0.2) is 0 Å². The SMILES string of the molecule is CCOc1ccc(N(CC(=O)N/N=C/c2ccco2)S(=O)(=O)c2ccc(Br)cc2)cc1. The van der Waals surface area contributed by atoms with Crippen molar-refractivity contribution in [3.63, 3.8) is 0 Å². The van der Waals surface area contributed by atoms with Crippen LogP contribution in [0.3, 0.4) is 0 Å². The van der Waals surface area contributed by atoms with Crippen molar-refractivity contribution in [1.29, 1.82) is 0 Å². The maximum atomic E-state index is 13.3. The number of anilines is 1. The van der Waals surface area contributed by atoms with Crippen LogP contribution in [-0.2, 0) is 14.8 Å². The largest absolute Gasteiger partial charge is 0.494 e. The summed E-state index contributed by atoms with van der Waals surface area (Å²) in [6.45, 7) is 1.87. The molecule has 0 bridgehead atoms. The van der Waals surface area contributed by atoms with Crippen molar-refractivity contribution < 1.29 is 22.4 Å². The van der Waals surface area contributed by atoms with E-state index in [4.69, 9.17) is 9.15 Å². The number of hydrogen-bond donors (Lipinski definition) is 1. The van der Waals surface area contributed by atoms with Gasteiger partial charge in [0.05, 0.1) is 29.7 Å². The van der Waals surface area contributed by atoms with Crippen LogP contribution in [0.4, 0.5) is 5.69 Å². The average Bonchev–Trinajstić information content (AvgIpc) is 3.27. The monoisotopic (exact) mass is 505 g/mol. The van der Waals surface area contributed by atoms with Crippen LogP contribution >= 0.6 is 15.9 Å². The van der Waals surface area contributed by atoms with Crippen LogP contribution in [0, 0.1) is 0 Å². The second-order valence-electron chi connectivity index (χ2n) is 6.20. The molecule has 31 heavy (non-hydrogen) atoms. The van der Waals surface area contributed by atoms with Gasteiger partial charge in [0.25, 0.3) is 15.9 Å². The Morgan fingerprint density at radius 3 is 2.48 bits per heavy atom. The third kappa shape index (κ3) is 5.96. The van der Waals surface area contributed by atoms with Gasteiger partial charge in [-0.2, -0.15) is 5.10 Å². The van der Waals surface area contributed by atoms with Gasteiger partial charge in [0.2, 0.25) is 0 Å². The van der Waals surface area contributed by atoms with Crippen molar-refractivity contribution in [2.45, 2.75) is 11.8 Å². The molecule has 0 atom stereocenters. The Balaban J connectivity index is 1.86. The zero-order valence-electron chi connectivity index (χ0n) is 16.6. The molecule has 1 amide bonds. The predicted molar refractivity (Wildman–Crippen MR) is 121 cm³/mol. The van der Waals surface area contributed by atoms with Gasteiger partial charge >= 0.3 is 0 Å². The summed E-state index contributed by atoms with van der Waals surface area (Å²) in [4.78, 5) is 12.5. The lowest BCUT2D eigenvalue weighted by molar-refractivity contribution is -0.119. The molecule has 10 heteroatoms. The number of ether oxygens (including phenoxy) is 1. The van der Waals surface area contributed by atoms with E-state index in [1.807, 2.05) is 6.92 Å². The molecule has 1 heterocycles. The van der Waals surface area contributed by atoms with Crippen molar-refractivity contribution in [2.75, 3.05) is 17.5 Å². The summed E-state index contributed by atoms with van der Waals surface area (Å²) in [5.41, 5.74) is 2.63. The number of carbonyl (C=O) groups excluding carboxylic acids is 1. The molecule has 0 aliphatic heterocycles. The maximum absolute atomic E-state index is 13.3. The lowest BCUT2D eigenvalue weighted by Gasteiger charge is -2.24. The number of sulfonamides is 1. The molecule has 3 rings (SSSR count). The van der Waals surface area contributed by atoms with Crippen LogP contribution in [-0.4, -0.2) is 33.7 Å². The van der Waals surface area contributed by atoms with Gasteiger partial charge in [-0.05, 0) is 67.6 Å². The first-order valence-corrected chi connectivity index (χ1v) is 11.5. The van der Waals surface area contributed by atoms with E-state index in [-0.39, 0.29) is 4.90 Å². The van der Waals surface area contributed by atoms with Gasteiger partial charge in [-0.3, -0.25) is 9.10 Å². The van der Waals surface area contributed by atoms with Gasteiger partial charge in [0.1, 0.15) is 18.1 Å². The summed E-state index contributed by atoms with van der Waals surface area (Å²) >= 11 is 3.29. The highest BCUT2D eigenvalue weighted by molar-refractivity contribution is 9.10. The topological polar surface area (TPSA) is 101 Å². The van der Waals surface area contributed by atoms with Gasteiger partial charge < -0.3 is 9.15 Å². The van der Waals surface area contributed by atoms with Crippen LogP contribution in [0.1, 0.15) is 12.7 Å². The molecule has 0 aliphatic rings.